The Balaban J connectivity index is 1.62. The number of rotatable bonds is 7. The van der Waals surface area contributed by atoms with Gasteiger partial charge in [0.05, 0.1) is 19.2 Å². The Morgan fingerprint density at radius 2 is 1.94 bits per heavy atom. The molecule has 1 heterocycles. The molecule has 0 saturated carbocycles. The zero-order chi connectivity index (χ0) is 23.4. The molecule has 1 aliphatic heterocycles. The lowest BCUT2D eigenvalue weighted by atomic mass is 9.96. The van der Waals surface area contributed by atoms with E-state index < -0.39 is 6.04 Å². The zero-order valence-electron chi connectivity index (χ0n) is 18.6. The molecule has 0 bridgehead atoms. The SMILES string of the molecule is COc1cccc(C(=O)N(CCC2=CCCCC2)C2CC(=O)N(c3ccc(Br)cc3)C2=O)c1. The summed E-state index contributed by atoms with van der Waals surface area (Å²) in [5.74, 6) is -0.362. The number of carbonyl (C=O) groups excluding carboxylic acids is 3. The molecule has 1 aliphatic carbocycles. The first-order chi connectivity index (χ1) is 16.0. The Morgan fingerprint density at radius 3 is 2.64 bits per heavy atom. The number of hydrogen-bond acceptors (Lipinski definition) is 4. The summed E-state index contributed by atoms with van der Waals surface area (Å²) in [6.07, 6.45) is 7.33. The van der Waals surface area contributed by atoms with Crippen LogP contribution in [0.25, 0.3) is 0 Å². The predicted octanol–water partition coefficient (Wildman–Crippen LogP) is 5.12. The monoisotopic (exact) mass is 510 g/mol. The first kappa shape index (κ1) is 23.2. The number of hydrogen-bond donors (Lipinski definition) is 0. The van der Waals surface area contributed by atoms with Crippen molar-refractivity contribution in [3.63, 3.8) is 0 Å². The summed E-state index contributed by atoms with van der Waals surface area (Å²) in [7, 11) is 1.55. The maximum Gasteiger partial charge on any atom is 0.257 e. The minimum Gasteiger partial charge on any atom is -0.497 e. The number of methoxy groups -OCH3 is 1. The van der Waals surface area contributed by atoms with Crippen LogP contribution in [0.15, 0.2) is 64.7 Å². The molecule has 1 saturated heterocycles. The van der Waals surface area contributed by atoms with E-state index in [-0.39, 0.29) is 24.1 Å². The molecular weight excluding hydrogens is 484 g/mol. The average Bonchev–Trinajstić information content (AvgIpc) is 3.14. The summed E-state index contributed by atoms with van der Waals surface area (Å²) in [5.41, 5.74) is 2.26. The minimum atomic E-state index is -0.830. The van der Waals surface area contributed by atoms with E-state index in [1.54, 1.807) is 60.5 Å². The number of anilines is 1. The predicted molar refractivity (Wildman–Crippen MR) is 130 cm³/mol. The van der Waals surface area contributed by atoms with E-state index in [0.717, 1.165) is 23.7 Å². The highest BCUT2D eigenvalue weighted by molar-refractivity contribution is 9.10. The summed E-state index contributed by atoms with van der Waals surface area (Å²) < 4.78 is 6.13. The number of amides is 3. The molecular formula is C26H27BrN2O4. The van der Waals surface area contributed by atoms with Gasteiger partial charge in [-0.05, 0) is 74.6 Å². The van der Waals surface area contributed by atoms with E-state index in [1.807, 2.05) is 0 Å². The van der Waals surface area contributed by atoms with Crippen LogP contribution in [-0.4, -0.2) is 42.3 Å². The fourth-order valence-electron chi connectivity index (χ4n) is 4.44. The molecule has 0 aromatic heterocycles. The van der Waals surface area contributed by atoms with Gasteiger partial charge in [0.2, 0.25) is 5.91 Å². The highest BCUT2D eigenvalue weighted by atomic mass is 79.9. The lowest BCUT2D eigenvalue weighted by Crippen LogP contribution is -2.46. The van der Waals surface area contributed by atoms with Crippen LogP contribution in [0.4, 0.5) is 5.69 Å². The average molecular weight is 511 g/mol. The van der Waals surface area contributed by atoms with Gasteiger partial charge in [0, 0.05) is 16.6 Å². The van der Waals surface area contributed by atoms with E-state index >= 15 is 0 Å². The van der Waals surface area contributed by atoms with Crippen molar-refractivity contribution >= 4 is 39.3 Å². The number of allylic oxidation sites excluding steroid dienone is 1. The van der Waals surface area contributed by atoms with Gasteiger partial charge in [-0.3, -0.25) is 14.4 Å². The molecule has 0 spiro atoms. The summed E-state index contributed by atoms with van der Waals surface area (Å²) in [4.78, 5) is 42.6. The lowest BCUT2D eigenvalue weighted by molar-refractivity contribution is -0.122. The standard InChI is InChI=1S/C26H27BrN2O4/c1-33-22-9-5-8-19(16-22)25(31)28(15-14-18-6-3-2-4-7-18)23-17-24(30)29(26(23)32)21-12-10-20(27)11-13-21/h5-6,8-13,16,23H,2-4,7,14-15,17H2,1H3. The largest absolute Gasteiger partial charge is 0.497 e. The maximum atomic E-state index is 13.6. The van der Waals surface area contributed by atoms with Gasteiger partial charge < -0.3 is 9.64 Å². The van der Waals surface area contributed by atoms with Crippen LogP contribution in [0.1, 0.15) is 48.9 Å². The Labute approximate surface area is 202 Å². The highest BCUT2D eigenvalue weighted by Gasteiger charge is 2.44. The third kappa shape index (κ3) is 5.19. The molecule has 7 heteroatoms. The minimum absolute atomic E-state index is 0.0242. The summed E-state index contributed by atoms with van der Waals surface area (Å²) >= 11 is 3.38. The van der Waals surface area contributed by atoms with E-state index in [2.05, 4.69) is 22.0 Å². The second kappa shape index (κ2) is 10.3. The van der Waals surface area contributed by atoms with Crippen molar-refractivity contribution < 1.29 is 19.1 Å². The van der Waals surface area contributed by atoms with E-state index in [9.17, 15) is 14.4 Å². The Kier molecular flexibility index (Phi) is 7.28. The van der Waals surface area contributed by atoms with Crippen molar-refractivity contribution in [3.8, 4) is 5.75 Å². The molecule has 1 atom stereocenters. The van der Waals surface area contributed by atoms with Crippen LogP contribution in [0.2, 0.25) is 0 Å². The van der Waals surface area contributed by atoms with Crippen LogP contribution in [-0.2, 0) is 9.59 Å². The van der Waals surface area contributed by atoms with Gasteiger partial charge in [-0.15, -0.1) is 0 Å². The van der Waals surface area contributed by atoms with Crippen LogP contribution < -0.4 is 9.64 Å². The molecule has 0 N–H and O–H groups in total. The second-order valence-electron chi connectivity index (χ2n) is 8.35. The van der Waals surface area contributed by atoms with Gasteiger partial charge >= 0.3 is 0 Å². The molecule has 2 aliphatic rings. The summed E-state index contributed by atoms with van der Waals surface area (Å²) in [6, 6.07) is 13.1. The molecule has 1 unspecified atom stereocenters. The third-order valence-corrected chi connectivity index (χ3v) is 6.75. The highest BCUT2D eigenvalue weighted by Crippen LogP contribution is 2.29. The van der Waals surface area contributed by atoms with Gasteiger partial charge in [0.25, 0.3) is 11.8 Å². The van der Waals surface area contributed by atoms with E-state index in [1.165, 1.54) is 16.9 Å². The van der Waals surface area contributed by atoms with Crippen molar-refractivity contribution in [1.82, 2.24) is 4.90 Å². The number of nitrogens with zero attached hydrogens (tertiary/aromatic N) is 2. The van der Waals surface area contributed by atoms with Crippen LogP contribution in [0, 0.1) is 0 Å². The molecule has 6 nitrogen and oxygen atoms in total. The fourth-order valence-corrected chi connectivity index (χ4v) is 4.70. The second-order valence-corrected chi connectivity index (χ2v) is 9.27. The number of halogens is 1. The van der Waals surface area contributed by atoms with Crippen molar-refractivity contribution in [3.05, 3.63) is 70.2 Å². The Morgan fingerprint density at radius 1 is 1.15 bits per heavy atom. The third-order valence-electron chi connectivity index (χ3n) is 6.22. The van der Waals surface area contributed by atoms with Gasteiger partial charge in [-0.25, -0.2) is 4.90 Å². The molecule has 2 aromatic carbocycles. The Bertz CT molecular complexity index is 1080. The van der Waals surface area contributed by atoms with Crippen LogP contribution in [0.3, 0.4) is 0 Å². The van der Waals surface area contributed by atoms with Gasteiger partial charge in [-0.2, -0.15) is 0 Å². The van der Waals surface area contributed by atoms with E-state index in [4.69, 9.17) is 4.74 Å². The van der Waals surface area contributed by atoms with Crippen LogP contribution >= 0.6 is 15.9 Å². The zero-order valence-corrected chi connectivity index (χ0v) is 20.2. The first-order valence-corrected chi connectivity index (χ1v) is 12.0. The number of imide groups is 1. The van der Waals surface area contributed by atoms with Crippen LogP contribution in [0.5, 0.6) is 5.75 Å². The molecule has 33 heavy (non-hydrogen) atoms. The lowest BCUT2D eigenvalue weighted by Gasteiger charge is -2.29. The number of benzene rings is 2. The van der Waals surface area contributed by atoms with Gasteiger partial charge in [0.15, 0.2) is 0 Å². The van der Waals surface area contributed by atoms with E-state index in [0.29, 0.717) is 30.0 Å². The van der Waals surface area contributed by atoms with Crippen molar-refractivity contribution in [2.45, 2.75) is 44.6 Å². The van der Waals surface area contributed by atoms with Gasteiger partial charge in [-0.1, -0.05) is 33.6 Å². The topological polar surface area (TPSA) is 66.9 Å². The molecule has 1 fully saturated rings. The normalized spacial score (nSPS) is 18.3. The van der Waals surface area contributed by atoms with Crippen molar-refractivity contribution in [2.24, 2.45) is 0 Å². The molecule has 2 aromatic rings. The fraction of sp³-hybridized carbons (Fsp3) is 0.346. The van der Waals surface area contributed by atoms with Gasteiger partial charge in [0.1, 0.15) is 11.8 Å². The number of carbonyl (C=O) groups is 3. The molecule has 4 rings (SSSR count). The molecule has 3 amide bonds. The number of ether oxygens (including phenoxy) is 1. The molecule has 172 valence electrons. The summed E-state index contributed by atoms with van der Waals surface area (Å²) in [5, 5.41) is 0. The van der Waals surface area contributed by atoms with Crippen molar-refractivity contribution in [1.29, 1.82) is 0 Å². The smallest absolute Gasteiger partial charge is 0.257 e. The molecule has 0 radical (unpaired) electrons. The quantitative estimate of drug-likeness (QED) is 0.382. The van der Waals surface area contributed by atoms with Crippen molar-refractivity contribution in [2.75, 3.05) is 18.6 Å². The maximum absolute atomic E-state index is 13.6. The Hall–Kier alpha value is -2.93. The first-order valence-electron chi connectivity index (χ1n) is 11.2. The summed E-state index contributed by atoms with van der Waals surface area (Å²) in [6.45, 7) is 0.389.